The predicted octanol–water partition coefficient (Wildman–Crippen LogP) is 0.298. The zero-order valence-electron chi connectivity index (χ0n) is 11.3. The number of urea groups is 1. The van der Waals surface area contributed by atoms with E-state index in [2.05, 4.69) is 15.6 Å². The minimum absolute atomic E-state index is 0.0985. The van der Waals surface area contributed by atoms with E-state index in [1.807, 2.05) is 12.1 Å². The van der Waals surface area contributed by atoms with Crippen molar-refractivity contribution in [1.82, 2.24) is 20.5 Å². The minimum atomic E-state index is -0.718. The van der Waals surface area contributed by atoms with Crippen LogP contribution in [0.15, 0.2) is 24.5 Å². The van der Waals surface area contributed by atoms with E-state index in [1.54, 1.807) is 12.4 Å². The first-order chi connectivity index (χ1) is 9.71. The van der Waals surface area contributed by atoms with Crippen molar-refractivity contribution in [2.45, 2.75) is 24.8 Å². The Labute approximate surface area is 117 Å². The highest BCUT2D eigenvalue weighted by Crippen LogP contribution is 2.25. The fourth-order valence-corrected chi connectivity index (χ4v) is 2.86. The van der Waals surface area contributed by atoms with Gasteiger partial charge in [0, 0.05) is 25.5 Å². The van der Waals surface area contributed by atoms with Crippen molar-refractivity contribution in [3.63, 3.8) is 0 Å². The summed E-state index contributed by atoms with van der Waals surface area (Å²) in [4.78, 5) is 29.9. The molecule has 6 heteroatoms. The van der Waals surface area contributed by atoms with Gasteiger partial charge in [0.1, 0.15) is 5.54 Å². The smallest absolute Gasteiger partial charge is 0.322 e. The molecule has 3 rings (SSSR count). The number of nitrogens with one attached hydrogen (secondary N) is 2. The second kappa shape index (κ2) is 5.20. The van der Waals surface area contributed by atoms with Crippen LogP contribution in [0.1, 0.15) is 18.4 Å². The predicted molar refractivity (Wildman–Crippen MR) is 73.0 cm³/mol. The maximum absolute atomic E-state index is 12.5. The van der Waals surface area contributed by atoms with Crippen LogP contribution in [0, 0.1) is 0 Å². The van der Waals surface area contributed by atoms with Crippen LogP contribution in [0.3, 0.4) is 0 Å². The van der Waals surface area contributed by atoms with E-state index in [4.69, 9.17) is 0 Å². The number of carbonyl (C=O) groups excluding carboxylic acids is 2. The zero-order chi connectivity index (χ0) is 14.0. The molecule has 2 fully saturated rings. The van der Waals surface area contributed by atoms with Crippen LogP contribution in [0.2, 0.25) is 0 Å². The Kier molecular flexibility index (Phi) is 3.40. The molecule has 3 amide bonds. The fourth-order valence-electron chi connectivity index (χ4n) is 2.86. The molecule has 1 aromatic heterocycles. The number of hydrogen-bond acceptors (Lipinski definition) is 4. The van der Waals surface area contributed by atoms with Crippen LogP contribution < -0.4 is 10.6 Å². The SMILES string of the molecule is O=C1NC2(CCCNC2)C(=O)N1CCc1cccnc1. The summed E-state index contributed by atoms with van der Waals surface area (Å²) >= 11 is 0. The number of imide groups is 1. The fraction of sp³-hybridized carbons (Fsp3) is 0.500. The standard InChI is InChI=1S/C14H18N4O2/c19-12-14(5-2-7-16-10-14)17-13(20)18(12)8-4-11-3-1-6-15-9-11/h1,3,6,9,16H,2,4-5,7-8,10H2,(H,17,20). The summed E-state index contributed by atoms with van der Waals surface area (Å²) in [6.45, 7) is 1.83. The number of amides is 3. The molecule has 3 heterocycles. The molecule has 2 saturated heterocycles. The molecule has 0 bridgehead atoms. The maximum atomic E-state index is 12.5. The van der Waals surface area contributed by atoms with Crippen LogP contribution in [0.5, 0.6) is 0 Å². The van der Waals surface area contributed by atoms with Crippen molar-refractivity contribution in [3.05, 3.63) is 30.1 Å². The lowest BCUT2D eigenvalue weighted by Gasteiger charge is -2.31. The summed E-state index contributed by atoms with van der Waals surface area (Å²) in [6, 6.07) is 3.53. The molecule has 20 heavy (non-hydrogen) atoms. The monoisotopic (exact) mass is 274 g/mol. The highest BCUT2D eigenvalue weighted by atomic mass is 16.2. The summed E-state index contributed by atoms with van der Waals surface area (Å²) in [5.41, 5.74) is 0.306. The Morgan fingerprint density at radius 1 is 1.40 bits per heavy atom. The first-order valence-corrected chi connectivity index (χ1v) is 6.95. The van der Waals surface area contributed by atoms with Gasteiger partial charge in [-0.25, -0.2) is 4.79 Å². The summed E-state index contributed by atoms with van der Waals surface area (Å²) in [5, 5.41) is 6.06. The van der Waals surface area contributed by atoms with E-state index in [-0.39, 0.29) is 11.9 Å². The molecular weight excluding hydrogens is 256 g/mol. The van der Waals surface area contributed by atoms with Gasteiger partial charge in [0.2, 0.25) is 0 Å². The molecule has 2 aliphatic rings. The van der Waals surface area contributed by atoms with E-state index in [1.165, 1.54) is 4.90 Å². The lowest BCUT2D eigenvalue weighted by Crippen LogP contribution is -2.57. The third-order valence-corrected chi connectivity index (χ3v) is 3.98. The van der Waals surface area contributed by atoms with E-state index >= 15 is 0 Å². The largest absolute Gasteiger partial charge is 0.325 e. The highest BCUT2D eigenvalue weighted by molar-refractivity contribution is 6.07. The lowest BCUT2D eigenvalue weighted by molar-refractivity contribution is -0.131. The van der Waals surface area contributed by atoms with Crippen molar-refractivity contribution in [1.29, 1.82) is 0 Å². The first kappa shape index (κ1) is 13.1. The summed E-state index contributed by atoms with van der Waals surface area (Å²) < 4.78 is 0. The average molecular weight is 274 g/mol. The molecule has 1 unspecified atom stereocenters. The van der Waals surface area contributed by atoms with Crippen molar-refractivity contribution in [2.75, 3.05) is 19.6 Å². The molecular formula is C14H18N4O2. The Hall–Kier alpha value is -1.95. The van der Waals surface area contributed by atoms with Gasteiger partial charge in [-0.15, -0.1) is 0 Å². The number of rotatable bonds is 3. The van der Waals surface area contributed by atoms with Crippen LogP contribution in [-0.2, 0) is 11.2 Å². The highest BCUT2D eigenvalue weighted by Gasteiger charge is 2.51. The van der Waals surface area contributed by atoms with Gasteiger partial charge >= 0.3 is 6.03 Å². The normalized spacial score (nSPS) is 26.1. The third-order valence-electron chi connectivity index (χ3n) is 3.98. The Morgan fingerprint density at radius 2 is 2.30 bits per heavy atom. The minimum Gasteiger partial charge on any atom is -0.322 e. The number of carbonyl (C=O) groups is 2. The summed E-state index contributed by atoms with van der Waals surface area (Å²) in [5.74, 6) is -0.0985. The quantitative estimate of drug-likeness (QED) is 0.777. The van der Waals surface area contributed by atoms with Gasteiger partial charge in [-0.2, -0.15) is 0 Å². The van der Waals surface area contributed by atoms with Gasteiger partial charge in [0.15, 0.2) is 0 Å². The van der Waals surface area contributed by atoms with Gasteiger partial charge < -0.3 is 10.6 Å². The Balaban J connectivity index is 1.68. The Bertz CT molecular complexity index is 511. The molecule has 2 N–H and O–H groups in total. The molecule has 0 aromatic carbocycles. The molecule has 1 atom stereocenters. The number of aromatic nitrogens is 1. The molecule has 0 saturated carbocycles. The Morgan fingerprint density at radius 3 is 3.00 bits per heavy atom. The second-order valence-corrected chi connectivity index (χ2v) is 5.36. The topological polar surface area (TPSA) is 74.3 Å². The summed E-state index contributed by atoms with van der Waals surface area (Å²) in [7, 11) is 0. The van der Waals surface area contributed by atoms with Crippen LogP contribution in [0.25, 0.3) is 0 Å². The van der Waals surface area contributed by atoms with Gasteiger partial charge in [0.05, 0.1) is 0 Å². The lowest BCUT2D eigenvalue weighted by atomic mass is 9.90. The first-order valence-electron chi connectivity index (χ1n) is 6.95. The molecule has 1 aromatic rings. The van der Waals surface area contributed by atoms with E-state index in [0.29, 0.717) is 25.9 Å². The molecule has 106 valence electrons. The molecule has 6 nitrogen and oxygen atoms in total. The van der Waals surface area contributed by atoms with Crippen molar-refractivity contribution < 1.29 is 9.59 Å². The molecule has 1 spiro atoms. The van der Waals surface area contributed by atoms with Gasteiger partial charge in [-0.05, 0) is 37.4 Å². The molecule has 0 aliphatic carbocycles. The number of piperidine rings is 1. The van der Waals surface area contributed by atoms with E-state index < -0.39 is 5.54 Å². The van der Waals surface area contributed by atoms with Crippen molar-refractivity contribution in [2.24, 2.45) is 0 Å². The molecule has 2 aliphatic heterocycles. The zero-order valence-corrected chi connectivity index (χ0v) is 11.3. The van der Waals surface area contributed by atoms with Crippen LogP contribution in [-0.4, -0.2) is 47.0 Å². The van der Waals surface area contributed by atoms with Crippen molar-refractivity contribution in [3.8, 4) is 0 Å². The second-order valence-electron chi connectivity index (χ2n) is 5.36. The van der Waals surface area contributed by atoms with E-state index in [0.717, 1.165) is 18.5 Å². The van der Waals surface area contributed by atoms with Gasteiger partial charge in [-0.1, -0.05) is 6.07 Å². The molecule has 0 radical (unpaired) electrons. The number of nitrogens with zero attached hydrogens (tertiary/aromatic N) is 2. The third kappa shape index (κ3) is 2.27. The van der Waals surface area contributed by atoms with Gasteiger partial charge in [-0.3, -0.25) is 14.7 Å². The van der Waals surface area contributed by atoms with Crippen LogP contribution in [0.4, 0.5) is 4.79 Å². The van der Waals surface area contributed by atoms with Gasteiger partial charge in [0.25, 0.3) is 5.91 Å². The average Bonchev–Trinajstić information content (AvgIpc) is 2.70. The number of hydrogen-bond donors (Lipinski definition) is 2. The number of pyridine rings is 1. The van der Waals surface area contributed by atoms with Crippen molar-refractivity contribution >= 4 is 11.9 Å². The van der Waals surface area contributed by atoms with Crippen LogP contribution >= 0.6 is 0 Å². The summed E-state index contributed by atoms with van der Waals surface area (Å²) in [6.07, 6.45) is 5.73. The maximum Gasteiger partial charge on any atom is 0.325 e. The van der Waals surface area contributed by atoms with E-state index in [9.17, 15) is 9.59 Å².